The number of amides is 3. The van der Waals surface area contributed by atoms with Crippen LogP contribution in [0.15, 0.2) is 30.6 Å². The highest BCUT2D eigenvalue weighted by Gasteiger charge is 2.48. The molecule has 0 aliphatic carbocycles. The molecule has 0 bridgehead atoms. The van der Waals surface area contributed by atoms with Gasteiger partial charge in [0.25, 0.3) is 0 Å². The fourth-order valence-electron chi connectivity index (χ4n) is 5.31. The Morgan fingerprint density at radius 2 is 1.82 bits per heavy atom. The summed E-state index contributed by atoms with van der Waals surface area (Å²) in [6.07, 6.45) is -0.600. The number of hydrogen-bond donors (Lipinski definition) is 1. The van der Waals surface area contributed by atoms with Crippen LogP contribution in [0.3, 0.4) is 0 Å². The van der Waals surface area contributed by atoms with Crippen molar-refractivity contribution >= 4 is 60.7 Å². The van der Waals surface area contributed by atoms with Crippen LogP contribution in [0, 0.1) is 11.8 Å². The molecule has 1 atom stereocenters. The lowest BCUT2D eigenvalue weighted by molar-refractivity contribution is -0.134. The molecule has 3 aliphatic rings. The molecule has 0 saturated carbocycles. The Morgan fingerprint density at radius 1 is 1.18 bits per heavy atom. The van der Waals surface area contributed by atoms with Crippen molar-refractivity contribution in [3.8, 4) is 11.8 Å². The van der Waals surface area contributed by atoms with Gasteiger partial charge in [0, 0.05) is 13.5 Å². The minimum Gasteiger partial charge on any atom is -0.444 e. The van der Waals surface area contributed by atoms with Crippen LogP contribution >= 0.6 is 0 Å². The summed E-state index contributed by atoms with van der Waals surface area (Å²) in [5.74, 6) is 6.10. The van der Waals surface area contributed by atoms with Crippen molar-refractivity contribution in [2.45, 2.75) is 74.9 Å². The highest BCUT2D eigenvalue weighted by atomic mass is 16.6. The van der Waals surface area contributed by atoms with Crippen LogP contribution in [0.2, 0.25) is 0 Å². The topological polar surface area (TPSA) is 91.4 Å². The van der Waals surface area contributed by atoms with E-state index in [-0.39, 0.29) is 37.7 Å². The van der Waals surface area contributed by atoms with Gasteiger partial charge in [-0.3, -0.25) is 14.9 Å². The van der Waals surface area contributed by atoms with E-state index in [9.17, 15) is 14.4 Å². The molecule has 2 fully saturated rings. The van der Waals surface area contributed by atoms with Crippen molar-refractivity contribution < 1.29 is 23.9 Å². The predicted octanol–water partition coefficient (Wildman–Crippen LogP) is 0.968. The standard InChI is InChI=1S/C27H30B4N4O5/c1-16-33(5)22-17(8-6-10-19(22)34(16)20-11-12-21(36)32-23(20)37)9-7-13-39-18-14-26(28,29)35(27(30,31)15-18)24(38)40-25(2,3)4/h6,8,10,18,20H,1,11-15H2,2-5H3,(H,32,36,37). The third-order valence-electron chi connectivity index (χ3n) is 6.93. The lowest BCUT2D eigenvalue weighted by atomic mass is 9.46. The molecular formula is C27H30B4N4O5. The molecule has 3 amide bonds. The summed E-state index contributed by atoms with van der Waals surface area (Å²) in [6, 6.07) is 5.04. The van der Waals surface area contributed by atoms with Gasteiger partial charge in [-0.15, -0.1) is 0 Å². The maximum Gasteiger partial charge on any atom is 0.408 e. The zero-order chi connectivity index (χ0) is 29.6. The van der Waals surface area contributed by atoms with E-state index < -0.39 is 34.5 Å². The first kappa shape index (κ1) is 29.7. The SMILES string of the molecule is [B]C1([B])CC(OCC#Cc2cccc3c2N(C)C(=C)N3C2CCC(=O)NC2=O)CC([B])([B])N1C(=O)OC(C)(C)C. The molecule has 13 heteroatoms. The van der Waals surface area contributed by atoms with E-state index in [1.54, 1.807) is 20.8 Å². The largest absolute Gasteiger partial charge is 0.444 e. The fraction of sp³-hybridized carbons (Fsp3) is 0.519. The molecule has 1 aromatic rings. The lowest BCUT2D eigenvalue weighted by Crippen LogP contribution is -2.70. The van der Waals surface area contributed by atoms with Crippen LogP contribution in [0.5, 0.6) is 0 Å². The summed E-state index contributed by atoms with van der Waals surface area (Å²) in [6.45, 7) is 9.32. The molecule has 8 radical (unpaired) electrons. The average molecular weight is 534 g/mol. The van der Waals surface area contributed by atoms with Gasteiger partial charge in [0.2, 0.25) is 11.8 Å². The van der Waals surface area contributed by atoms with Crippen LogP contribution in [0.25, 0.3) is 0 Å². The zero-order valence-electron chi connectivity index (χ0n) is 23.3. The molecule has 1 unspecified atom stereocenters. The van der Waals surface area contributed by atoms with Crippen molar-refractivity contribution in [1.82, 2.24) is 10.2 Å². The van der Waals surface area contributed by atoms with Crippen LogP contribution in [-0.2, 0) is 19.1 Å². The van der Waals surface area contributed by atoms with Crippen molar-refractivity contribution in [3.05, 3.63) is 36.2 Å². The van der Waals surface area contributed by atoms with Crippen LogP contribution in [0.4, 0.5) is 16.2 Å². The van der Waals surface area contributed by atoms with Crippen LogP contribution in [-0.4, -0.2) is 96.3 Å². The summed E-state index contributed by atoms with van der Waals surface area (Å²) < 4.78 is 11.3. The predicted molar refractivity (Wildman–Crippen MR) is 155 cm³/mol. The number of nitrogens with zero attached hydrogens (tertiary/aromatic N) is 3. The van der Waals surface area contributed by atoms with Crippen molar-refractivity contribution in [2.75, 3.05) is 23.5 Å². The third-order valence-corrected chi connectivity index (χ3v) is 6.93. The number of anilines is 2. The second-order valence-electron chi connectivity index (χ2n) is 11.4. The minimum atomic E-state index is -1.70. The Balaban J connectivity index is 1.46. The Bertz CT molecular complexity index is 1280. The summed E-state index contributed by atoms with van der Waals surface area (Å²) in [5, 5.41) is -1.00. The first-order valence-corrected chi connectivity index (χ1v) is 13.0. The van der Waals surface area contributed by atoms with E-state index in [0.29, 0.717) is 17.8 Å². The number of carbonyl (C=O) groups is 3. The van der Waals surface area contributed by atoms with E-state index >= 15 is 0 Å². The van der Waals surface area contributed by atoms with Gasteiger partial charge >= 0.3 is 6.09 Å². The second kappa shape index (κ2) is 10.6. The molecule has 9 nitrogen and oxygen atoms in total. The number of ether oxygens (including phenoxy) is 2. The number of rotatable bonds is 3. The number of benzene rings is 1. The number of para-hydroxylation sites is 1. The van der Waals surface area contributed by atoms with Crippen molar-refractivity contribution in [3.63, 3.8) is 0 Å². The van der Waals surface area contributed by atoms with E-state index in [1.807, 2.05) is 35.0 Å². The number of likely N-dealkylation sites (tertiary alicyclic amines) is 1. The van der Waals surface area contributed by atoms with Gasteiger partial charge in [-0.25, -0.2) is 4.79 Å². The molecule has 0 spiro atoms. The van der Waals surface area contributed by atoms with Crippen LogP contribution in [0.1, 0.15) is 52.0 Å². The van der Waals surface area contributed by atoms with E-state index in [0.717, 1.165) is 16.3 Å². The fourth-order valence-corrected chi connectivity index (χ4v) is 5.31. The highest BCUT2D eigenvalue weighted by molar-refractivity contribution is 6.45. The van der Waals surface area contributed by atoms with Gasteiger partial charge in [-0.1, -0.05) is 24.5 Å². The van der Waals surface area contributed by atoms with Gasteiger partial charge < -0.3 is 24.2 Å². The van der Waals surface area contributed by atoms with Crippen LogP contribution < -0.4 is 15.1 Å². The summed E-state index contributed by atoms with van der Waals surface area (Å²) >= 11 is 0. The Kier molecular flexibility index (Phi) is 7.89. The Hall–Kier alpha value is -3.25. The third kappa shape index (κ3) is 5.92. The summed E-state index contributed by atoms with van der Waals surface area (Å²) in [7, 11) is 26.8. The average Bonchev–Trinajstić information content (AvgIpc) is 3.04. The molecule has 0 aromatic heterocycles. The number of hydrogen-bond acceptors (Lipinski definition) is 7. The number of fused-ring (bicyclic) bond motifs is 1. The first-order valence-electron chi connectivity index (χ1n) is 13.0. The van der Waals surface area contributed by atoms with Gasteiger partial charge in [0.05, 0.1) is 54.4 Å². The van der Waals surface area contributed by atoms with Gasteiger partial charge in [0.15, 0.2) is 0 Å². The molecule has 4 rings (SSSR count). The molecule has 2 saturated heterocycles. The van der Waals surface area contributed by atoms with E-state index in [1.165, 1.54) is 0 Å². The van der Waals surface area contributed by atoms with Crippen molar-refractivity contribution in [1.29, 1.82) is 0 Å². The molecule has 40 heavy (non-hydrogen) atoms. The number of imide groups is 1. The molecule has 200 valence electrons. The molecule has 1 aromatic carbocycles. The molecular weight excluding hydrogens is 504 g/mol. The summed E-state index contributed by atoms with van der Waals surface area (Å²) in [4.78, 5) is 41.6. The smallest absolute Gasteiger partial charge is 0.408 e. The van der Waals surface area contributed by atoms with Gasteiger partial charge in [-0.05, 0) is 62.8 Å². The first-order chi connectivity index (χ1) is 18.5. The van der Waals surface area contributed by atoms with Crippen molar-refractivity contribution in [2.24, 2.45) is 0 Å². The molecule has 3 heterocycles. The lowest BCUT2D eigenvalue weighted by Gasteiger charge is -2.56. The van der Waals surface area contributed by atoms with Gasteiger partial charge in [-0.2, -0.15) is 0 Å². The van der Waals surface area contributed by atoms with Gasteiger partial charge in [0.1, 0.15) is 24.1 Å². The monoisotopic (exact) mass is 534 g/mol. The minimum absolute atomic E-state index is 0.0223. The maximum absolute atomic E-state index is 12.7. The maximum atomic E-state index is 12.7. The summed E-state index contributed by atoms with van der Waals surface area (Å²) in [5.41, 5.74) is 1.49. The molecule has 1 N–H and O–H groups in total. The zero-order valence-corrected chi connectivity index (χ0v) is 23.3. The number of piperidine rings is 2. The molecule has 3 aliphatic heterocycles. The Morgan fingerprint density at radius 3 is 2.42 bits per heavy atom. The quantitative estimate of drug-likeness (QED) is 0.352. The van der Waals surface area contributed by atoms with E-state index in [2.05, 4.69) is 23.7 Å². The van der Waals surface area contributed by atoms with E-state index in [4.69, 9.17) is 40.9 Å². The second-order valence-corrected chi connectivity index (χ2v) is 11.4. The number of nitrogens with one attached hydrogen (secondary N) is 1. The highest BCUT2D eigenvalue weighted by Crippen LogP contribution is 2.44. The normalized spacial score (nSPS) is 22.4. The number of carbonyl (C=O) groups excluding carboxylic acids is 3. The Labute approximate surface area is 241 Å².